The zero-order valence-electron chi connectivity index (χ0n) is 16.3. The van der Waals surface area contributed by atoms with Gasteiger partial charge in [-0.1, -0.05) is 19.1 Å². The molecule has 1 saturated heterocycles. The van der Waals surface area contributed by atoms with Crippen molar-refractivity contribution in [3.63, 3.8) is 0 Å². The van der Waals surface area contributed by atoms with E-state index in [9.17, 15) is 26.0 Å². The molecule has 0 radical (unpaired) electrons. The van der Waals surface area contributed by atoms with Gasteiger partial charge in [0.15, 0.2) is 0 Å². The van der Waals surface area contributed by atoms with Gasteiger partial charge in [0, 0.05) is 6.54 Å². The minimum Gasteiger partial charge on any atom is -0.492 e. The van der Waals surface area contributed by atoms with E-state index in [0.29, 0.717) is 9.87 Å². The molecule has 1 atom stereocenters. The second-order valence-electron chi connectivity index (χ2n) is 6.80. The van der Waals surface area contributed by atoms with Crippen LogP contribution in [0.25, 0.3) is 0 Å². The first-order valence-electron chi connectivity index (χ1n) is 9.13. The molecule has 1 aliphatic rings. The first kappa shape index (κ1) is 22.2. The number of carbonyl (C=O) groups excluding carboxylic acids is 1. The van der Waals surface area contributed by atoms with Gasteiger partial charge in [-0.25, -0.2) is 30.3 Å². The fourth-order valence-corrected chi connectivity index (χ4v) is 6.05. The van der Waals surface area contributed by atoms with Crippen LogP contribution in [0.4, 0.5) is 10.1 Å². The van der Waals surface area contributed by atoms with E-state index in [2.05, 4.69) is 4.72 Å². The Bertz CT molecular complexity index is 1160. The maximum Gasteiger partial charge on any atom is 0.244 e. The summed E-state index contributed by atoms with van der Waals surface area (Å²) in [5.74, 6) is -2.12. The highest BCUT2D eigenvalue weighted by molar-refractivity contribution is 7.94. The van der Waals surface area contributed by atoms with Gasteiger partial charge in [-0.3, -0.25) is 4.79 Å². The third-order valence-corrected chi connectivity index (χ3v) is 7.78. The summed E-state index contributed by atoms with van der Waals surface area (Å²) >= 11 is 0. The average molecular weight is 457 g/mol. The number of anilines is 1. The first-order valence-corrected chi connectivity index (χ1v) is 12.2. The van der Waals surface area contributed by atoms with Crippen LogP contribution in [-0.2, 0) is 31.4 Å². The SMILES string of the molecule is CCOc1ccc(N2C(=O)C(C)CS2(=O)=O)cc1S(=O)(=O)NCc1ccc(F)cc1. The summed E-state index contributed by atoms with van der Waals surface area (Å²) in [6.45, 7) is 3.23. The van der Waals surface area contributed by atoms with Crippen LogP contribution < -0.4 is 13.8 Å². The standard InChI is InChI=1S/C19H21FN2O6S2/c1-3-28-17-9-8-16(22-19(23)13(2)12-29(22,24)25)10-18(17)30(26,27)21-11-14-4-6-15(20)7-5-14/h4-10,13,21H,3,11-12H2,1-2H3. The molecule has 30 heavy (non-hydrogen) atoms. The molecule has 1 amide bonds. The summed E-state index contributed by atoms with van der Waals surface area (Å²) in [4.78, 5) is 12.1. The van der Waals surface area contributed by atoms with E-state index in [1.165, 1.54) is 43.3 Å². The Balaban J connectivity index is 1.98. The summed E-state index contributed by atoms with van der Waals surface area (Å²) in [7, 11) is -8.04. The van der Waals surface area contributed by atoms with Gasteiger partial charge < -0.3 is 4.74 Å². The first-order chi connectivity index (χ1) is 14.0. The summed E-state index contributed by atoms with van der Waals surface area (Å²) in [5.41, 5.74) is 0.454. The Kier molecular flexibility index (Phi) is 6.16. The van der Waals surface area contributed by atoms with Crippen LogP contribution >= 0.6 is 0 Å². The molecule has 1 unspecified atom stereocenters. The van der Waals surface area contributed by atoms with E-state index < -0.39 is 37.7 Å². The number of ether oxygens (including phenoxy) is 1. The van der Waals surface area contributed by atoms with Gasteiger partial charge in [0.2, 0.25) is 26.0 Å². The number of benzene rings is 2. The second-order valence-corrected chi connectivity index (χ2v) is 10.4. The average Bonchev–Trinajstić information content (AvgIpc) is 2.89. The zero-order valence-corrected chi connectivity index (χ0v) is 18.0. The summed E-state index contributed by atoms with van der Waals surface area (Å²) in [6.07, 6.45) is 0. The Morgan fingerprint density at radius 1 is 1.20 bits per heavy atom. The highest BCUT2D eigenvalue weighted by Crippen LogP contribution is 2.34. The monoisotopic (exact) mass is 456 g/mol. The van der Waals surface area contributed by atoms with E-state index in [-0.39, 0.29) is 35.2 Å². The summed E-state index contributed by atoms with van der Waals surface area (Å²) < 4.78 is 72.0. The Hall–Kier alpha value is -2.50. The van der Waals surface area contributed by atoms with Crippen LogP contribution in [-0.4, -0.2) is 35.1 Å². The molecule has 2 aromatic carbocycles. The Labute approximate surface area is 174 Å². The van der Waals surface area contributed by atoms with Crippen molar-refractivity contribution in [2.24, 2.45) is 5.92 Å². The molecule has 0 aromatic heterocycles. The van der Waals surface area contributed by atoms with Crippen LogP contribution in [0.2, 0.25) is 0 Å². The Morgan fingerprint density at radius 2 is 1.87 bits per heavy atom. The third kappa shape index (κ3) is 4.47. The van der Waals surface area contributed by atoms with E-state index >= 15 is 0 Å². The van der Waals surface area contributed by atoms with Crippen LogP contribution in [0.15, 0.2) is 47.4 Å². The molecule has 1 heterocycles. The highest BCUT2D eigenvalue weighted by atomic mass is 32.2. The topological polar surface area (TPSA) is 110 Å². The van der Waals surface area contributed by atoms with E-state index in [1.807, 2.05) is 0 Å². The normalized spacial score (nSPS) is 18.6. The molecule has 0 saturated carbocycles. The smallest absolute Gasteiger partial charge is 0.244 e. The van der Waals surface area contributed by atoms with Gasteiger partial charge in [-0.15, -0.1) is 0 Å². The number of hydrogen-bond acceptors (Lipinski definition) is 6. The number of halogens is 1. The third-order valence-electron chi connectivity index (χ3n) is 4.49. The van der Waals surface area contributed by atoms with Crippen molar-refractivity contribution in [2.75, 3.05) is 16.7 Å². The number of nitrogens with one attached hydrogen (secondary N) is 1. The van der Waals surface area contributed by atoms with Crippen LogP contribution in [0.3, 0.4) is 0 Å². The lowest BCUT2D eigenvalue weighted by Gasteiger charge is -2.18. The van der Waals surface area contributed by atoms with Crippen molar-refractivity contribution in [2.45, 2.75) is 25.3 Å². The van der Waals surface area contributed by atoms with Crippen molar-refractivity contribution < 1.29 is 30.8 Å². The molecule has 11 heteroatoms. The zero-order chi connectivity index (χ0) is 22.1. The van der Waals surface area contributed by atoms with Gasteiger partial charge in [0.25, 0.3) is 0 Å². The largest absolute Gasteiger partial charge is 0.492 e. The Morgan fingerprint density at radius 3 is 2.43 bits per heavy atom. The summed E-state index contributed by atoms with van der Waals surface area (Å²) in [6, 6.07) is 9.05. The molecule has 0 spiro atoms. The molecule has 3 rings (SSSR count). The fourth-order valence-electron chi connectivity index (χ4n) is 3.05. The van der Waals surface area contributed by atoms with Crippen molar-refractivity contribution in [1.82, 2.24) is 4.72 Å². The lowest BCUT2D eigenvalue weighted by Crippen LogP contribution is -2.31. The molecule has 2 aromatic rings. The molecule has 162 valence electrons. The minimum atomic E-state index is -4.14. The van der Waals surface area contributed by atoms with E-state index in [4.69, 9.17) is 4.74 Å². The number of hydrogen-bond donors (Lipinski definition) is 1. The quantitative estimate of drug-likeness (QED) is 0.683. The predicted octanol–water partition coefficient (Wildman–Crippen LogP) is 2.02. The van der Waals surface area contributed by atoms with Crippen molar-refractivity contribution >= 4 is 31.6 Å². The molecule has 0 aliphatic carbocycles. The molecule has 1 N–H and O–H groups in total. The molecular formula is C19H21FN2O6S2. The van der Waals surface area contributed by atoms with E-state index in [1.54, 1.807) is 6.92 Å². The van der Waals surface area contributed by atoms with Crippen LogP contribution in [0, 0.1) is 11.7 Å². The lowest BCUT2D eigenvalue weighted by atomic mass is 10.2. The molecule has 1 aliphatic heterocycles. The maximum absolute atomic E-state index is 13.0. The number of rotatable bonds is 7. The van der Waals surface area contributed by atoms with Gasteiger partial charge >= 0.3 is 0 Å². The van der Waals surface area contributed by atoms with Crippen LogP contribution in [0.5, 0.6) is 5.75 Å². The minimum absolute atomic E-state index is 0.0185. The maximum atomic E-state index is 13.0. The van der Waals surface area contributed by atoms with Gasteiger partial charge in [-0.05, 0) is 42.8 Å². The van der Waals surface area contributed by atoms with Gasteiger partial charge in [0.1, 0.15) is 16.5 Å². The van der Waals surface area contributed by atoms with Crippen molar-refractivity contribution in [1.29, 1.82) is 0 Å². The van der Waals surface area contributed by atoms with E-state index in [0.717, 1.165) is 6.07 Å². The number of sulfonamides is 2. The second kappa shape index (κ2) is 8.32. The molecular weight excluding hydrogens is 435 g/mol. The van der Waals surface area contributed by atoms with Gasteiger partial charge in [-0.2, -0.15) is 0 Å². The fraction of sp³-hybridized carbons (Fsp3) is 0.316. The summed E-state index contributed by atoms with van der Waals surface area (Å²) in [5, 5.41) is 0. The number of amides is 1. The lowest BCUT2D eigenvalue weighted by molar-refractivity contribution is -0.119. The predicted molar refractivity (Wildman–Crippen MR) is 108 cm³/mol. The number of carbonyl (C=O) groups is 1. The van der Waals surface area contributed by atoms with Crippen LogP contribution in [0.1, 0.15) is 19.4 Å². The number of nitrogens with zero attached hydrogens (tertiary/aromatic N) is 1. The highest BCUT2D eigenvalue weighted by Gasteiger charge is 2.42. The van der Waals surface area contributed by atoms with Crippen molar-refractivity contribution in [3.05, 3.63) is 53.8 Å². The molecule has 8 nitrogen and oxygen atoms in total. The van der Waals surface area contributed by atoms with Gasteiger partial charge in [0.05, 0.1) is 24.0 Å². The molecule has 1 fully saturated rings. The molecule has 0 bridgehead atoms. The van der Waals surface area contributed by atoms with Crippen molar-refractivity contribution in [3.8, 4) is 5.75 Å².